The highest BCUT2D eigenvalue weighted by Crippen LogP contribution is 2.25. The molecule has 0 saturated carbocycles. The molecule has 1 aromatic carbocycles. The second kappa shape index (κ2) is 5.59. The summed E-state index contributed by atoms with van der Waals surface area (Å²) in [6.45, 7) is 7.19. The first kappa shape index (κ1) is 13.8. The van der Waals surface area contributed by atoms with Gasteiger partial charge in [0, 0.05) is 41.9 Å². The quantitative estimate of drug-likeness (QED) is 0.909. The molecule has 0 aromatic heterocycles. The van der Waals surface area contributed by atoms with Gasteiger partial charge in [0.05, 0.1) is 0 Å². The Balaban J connectivity index is 2.20. The fraction of sp³-hybridized carbons (Fsp3) is 0.571. The van der Waals surface area contributed by atoms with Crippen LogP contribution >= 0.6 is 15.9 Å². The molecule has 2 unspecified atom stereocenters. The number of aryl methyl sites for hydroxylation is 1. The van der Waals surface area contributed by atoms with Crippen LogP contribution in [-0.4, -0.2) is 43.7 Å². The summed E-state index contributed by atoms with van der Waals surface area (Å²) in [7, 11) is 2.17. The number of hydrogen-bond donors (Lipinski definition) is 1. The van der Waals surface area contributed by atoms with Gasteiger partial charge in [0.15, 0.2) is 0 Å². The van der Waals surface area contributed by atoms with Gasteiger partial charge in [0.1, 0.15) is 0 Å². The van der Waals surface area contributed by atoms with Crippen molar-refractivity contribution in [3.8, 4) is 0 Å². The lowest BCUT2D eigenvalue weighted by molar-refractivity contribution is 0.162. The van der Waals surface area contributed by atoms with E-state index in [2.05, 4.69) is 64.8 Å². The summed E-state index contributed by atoms with van der Waals surface area (Å²) in [4.78, 5) is 4.84. The van der Waals surface area contributed by atoms with Crippen LogP contribution in [0.5, 0.6) is 0 Å². The van der Waals surface area contributed by atoms with Crippen molar-refractivity contribution < 1.29 is 0 Å². The number of nitrogens with two attached hydrogens (primary N) is 1. The summed E-state index contributed by atoms with van der Waals surface area (Å²) < 4.78 is 1.17. The summed E-state index contributed by atoms with van der Waals surface area (Å²) in [5.74, 6) is 0. The van der Waals surface area contributed by atoms with Crippen molar-refractivity contribution in [2.24, 2.45) is 5.73 Å². The number of rotatable bonds is 2. The minimum atomic E-state index is 0.442. The van der Waals surface area contributed by atoms with Gasteiger partial charge in [0.25, 0.3) is 0 Å². The summed E-state index contributed by atoms with van der Waals surface area (Å²) in [6.07, 6.45) is 0. The highest BCUT2D eigenvalue weighted by molar-refractivity contribution is 9.10. The number of benzene rings is 1. The van der Waals surface area contributed by atoms with Crippen LogP contribution in [0.2, 0.25) is 0 Å². The molecule has 1 saturated heterocycles. The zero-order chi connectivity index (χ0) is 13.3. The lowest BCUT2D eigenvalue weighted by Gasteiger charge is -2.44. The van der Waals surface area contributed by atoms with Crippen LogP contribution in [0.4, 0.5) is 5.69 Å². The third kappa shape index (κ3) is 2.71. The smallest absolute Gasteiger partial charge is 0.0394 e. The van der Waals surface area contributed by atoms with E-state index in [1.54, 1.807) is 0 Å². The van der Waals surface area contributed by atoms with E-state index in [-0.39, 0.29) is 0 Å². The number of piperazine rings is 1. The maximum Gasteiger partial charge on any atom is 0.0394 e. The largest absolute Gasteiger partial charge is 0.368 e. The first-order valence-electron chi connectivity index (χ1n) is 6.46. The molecule has 0 bridgehead atoms. The third-order valence-corrected chi connectivity index (χ3v) is 4.86. The molecule has 100 valence electrons. The van der Waals surface area contributed by atoms with Gasteiger partial charge in [-0.2, -0.15) is 0 Å². The van der Waals surface area contributed by atoms with Gasteiger partial charge in [-0.05, 0) is 44.7 Å². The molecule has 1 aromatic rings. The van der Waals surface area contributed by atoms with E-state index in [1.807, 2.05) is 0 Å². The maximum absolute atomic E-state index is 5.87. The van der Waals surface area contributed by atoms with Crippen LogP contribution in [-0.2, 0) is 0 Å². The zero-order valence-electron chi connectivity index (χ0n) is 11.4. The summed E-state index contributed by atoms with van der Waals surface area (Å²) in [5, 5.41) is 0. The van der Waals surface area contributed by atoms with Gasteiger partial charge in [-0.25, -0.2) is 0 Å². The molecule has 1 fully saturated rings. The predicted molar refractivity (Wildman–Crippen MR) is 81.2 cm³/mol. The number of halogens is 1. The van der Waals surface area contributed by atoms with Crippen molar-refractivity contribution in [3.63, 3.8) is 0 Å². The SMILES string of the molecule is Cc1cc(N2CC(C)N(C)C(CN)C2)ccc1Br. The molecule has 1 heterocycles. The Bertz CT molecular complexity index is 422. The van der Waals surface area contributed by atoms with Crippen molar-refractivity contribution in [3.05, 3.63) is 28.2 Å². The average Bonchev–Trinajstić information content (AvgIpc) is 2.36. The number of nitrogens with zero attached hydrogens (tertiary/aromatic N) is 2. The molecule has 1 aliphatic heterocycles. The Morgan fingerprint density at radius 1 is 1.39 bits per heavy atom. The Morgan fingerprint density at radius 3 is 2.72 bits per heavy atom. The molecular formula is C14H22BrN3. The van der Waals surface area contributed by atoms with Crippen LogP contribution in [0.3, 0.4) is 0 Å². The second-order valence-electron chi connectivity index (χ2n) is 5.24. The van der Waals surface area contributed by atoms with Crippen LogP contribution in [0.15, 0.2) is 22.7 Å². The fourth-order valence-electron chi connectivity index (χ4n) is 2.54. The molecule has 3 nitrogen and oxygen atoms in total. The van der Waals surface area contributed by atoms with Crippen molar-refractivity contribution in [2.75, 3.05) is 31.6 Å². The molecular weight excluding hydrogens is 290 g/mol. The Hall–Kier alpha value is -0.580. The Kier molecular flexibility index (Phi) is 4.30. The van der Waals surface area contributed by atoms with Gasteiger partial charge in [-0.1, -0.05) is 15.9 Å². The molecule has 0 spiro atoms. The average molecular weight is 312 g/mol. The summed E-state index contributed by atoms with van der Waals surface area (Å²) >= 11 is 3.55. The van der Waals surface area contributed by atoms with Crippen molar-refractivity contribution >= 4 is 21.6 Å². The van der Waals surface area contributed by atoms with Gasteiger partial charge < -0.3 is 10.6 Å². The van der Waals surface area contributed by atoms with Crippen molar-refractivity contribution in [1.82, 2.24) is 4.90 Å². The molecule has 4 heteroatoms. The van der Waals surface area contributed by atoms with E-state index in [0.29, 0.717) is 18.6 Å². The van der Waals surface area contributed by atoms with E-state index in [9.17, 15) is 0 Å². The van der Waals surface area contributed by atoms with Gasteiger partial charge >= 0.3 is 0 Å². The Morgan fingerprint density at radius 2 is 2.11 bits per heavy atom. The number of anilines is 1. The monoisotopic (exact) mass is 311 g/mol. The van der Waals surface area contributed by atoms with Gasteiger partial charge in [-0.15, -0.1) is 0 Å². The number of likely N-dealkylation sites (N-methyl/N-ethyl adjacent to an activating group) is 1. The molecule has 1 aliphatic rings. The van der Waals surface area contributed by atoms with Crippen LogP contribution in [0.1, 0.15) is 12.5 Å². The molecule has 2 atom stereocenters. The molecule has 0 radical (unpaired) electrons. The fourth-order valence-corrected chi connectivity index (χ4v) is 2.79. The van der Waals surface area contributed by atoms with Crippen molar-refractivity contribution in [2.45, 2.75) is 25.9 Å². The maximum atomic E-state index is 5.87. The van der Waals surface area contributed by atoms with E-state index >= 15 is 0 Å². The molecule has 18 heavy (non-hydrogen) atoms. The minimum Gasteiger partial charge on any atom is -0.368 e. The lowest BCUT2D eigenvalue weighted by atomic mass is 10.1. The van der Waals surface area contributed by atoms with E-state index < -0.39 is 0 Å². The standard InChI is InChI=1S/C14H22BrN3/c1-10-6-12(4-5-14(10)15)18-8-11(2)17(3)13(7-16)9-18/h4-6,11,13H,7-9,16H2,1-3H3. The van der Waals surface area contributed by atoms with Gasteiger partial charge in [-0.3, -0.25) is 4.90 Å². The van der Waals surface area contributed by atoms with Crippen LogP contribution in [0.25, 0.3) is 0 Å². The predicted octanol–water partition coefficient (Wildman–Crippen LogP) is 2.23. The molecule has 0 amide bonds. The summed E-state index contributed by atoms with van der Waals surface area (Å²) in [5.41, 5.74) is 8.46. The molecule has 2 N–H and O–H groups in total. The van der Waals surface area contributed by atoms with Crippen molar-refractivity contribution in [1.29, 1.82) is 0 Å². The zero-order valence-corrected chi connectivity index (χ0v) is 12.9. The third-order valence-electron chi connectivity index (χ3n) is 3.97. The highest BCUT2D eigenvalue weighted by atomic mass is 79.9. The van der Waals surface area contributed by atoms with E-state index in [1.165, 1.54) is 15.7 Å². The minimum absolute atomic E-state index is 0.442. The molecule has 0 aliphatic carbocycles. The molecule has 2 rings (SSSR count). The van der Waals surface area contributed by atoms with Gasteiger partial charge in [0.2, 0.25) is 0 Å². The Labute approximate surface area is 118 Å². The first-order valence-corrected chi connectivity index (χ1v) is 7.25. The van der Waals surface area contributed by atoms with Crippen LogP contribution < -0.4 is 10.6 Å². The van der Waals surface area contributed by atoms with Crippen LogP contribution in [0, 0.1) is 6.92 Å². The number of hydrogen-bond acceptors (Lipinski definition) is 3. The van der Waals surface area contributed by atoms with E-state index in [4.69, 9.17) is 5.73 Å². The summed E-state index contributed by atoms with van der Waals surface area (Å²) in [6, 6.07) is 7.54. The topological polar surface area (TPSA) is 32.5 Å². The highest BCUT2D eigenvalue weighted by Gasteiger charge is 2.28. The second-order valence-corrected chi connectivity index (χ2v) is 6.10. The first-order chi connectivity index (χ1) is 8.52. The van der Waals surface area contributed by atoms with E-state index in [0.717, 1.165) is 13.1 Å². The lowest BCUT2D eigenvalue weighted by Crippen LogP contribution is -2.58. The normalized spacial score (nSPS) is 25.5.